The number of unbranched alkanes of at least 4 members (excludes halogenated alkanes) is 1. The normalized spacial score (nSPS) is 10.5. The number of hydrogen-bond acceptors (Lipinski definition) is 2. The van der Waals surface area contributed by atoms with Crippen molar-refractivity contribution in [3.05, 3.63) is 48.0 Å². The van der Waals surface area contributed by atoms with Crippen molar-refractivity contribution in [3.8, 4) is 11.1 Å². The van der Waals surface area contributed by atoms with E-state index in [1.165, 1.54) is 12.1 Å². The van der Waals surface area contributed by atoms with Crippen LogP contribution >= 0.6 is 0 Å². The van der Waals surface area contributed by atoms with E-state index in [1.807, 2.05) is 0 Å². The number of aromatic nitrogens is 1. The molecule has 0 bridgehead atoms. The molecule has 0 aliphatic carbocycles. The van der Waals surface area contributed by atoms with E-state index < -0.39 is 0 Å². The Morgan fingerprint density at radius 3 is 2.65 bits per heavy atom. The Morgan fingerprint density at radius 2 is 1.95 bits per heavy atom. The molecule has 4 N–H and O–H groups in total. The molecule has 0 unspecified atom stereocenters. The zero-order chi connectivity index (χ0) is 14.4. The summed E-state index contributed by atoms with van der Waals surface area (Å²) in [7, 11) is 0. The van der Waals surface area contributed by atoms with Gasteiger partial charge in [-0.1, -0.05) is 12.1 Å². The number of carbonyl (C=O) groups excluding carboxylic acids is 1. The van der Waals surface area contributed by atoms with E-state index in [0.29, 0.717) is 18.7 Å². The number of hydrogen-bond donors (Lipinski definition) is 3. The molecule has 1 aromatic heterocycles. The minimum Gasteiger partial charge on any atom is -0.366 e. The van der Waals surface area contributed by atoms with Gasteiger partial charge in [0.15, 0.2) is 0 Å². The third kappa shape index (κ3) is 3.45. The maximum absolute atomic E-state index is 12.9. The van der Waals surface area contributed by atoms with Crippen LogP contribution in [-0.4, -0.2) is 24.0 Å². The lowest BCUT2D eigenvalue weighted by atomic mass is 10.0. The van der Waals surface area contributed by atoms with E-state index in [0.717, 1.165) is 24.0 Å². The van der Waals surface area contributed by atoms with Gasteiger partial charge in [0.05, 0.1) is 5.56 Å². The zero-order valence-corrected chi connectivity index (χ0v) is 11.2. The summed E-state index contributed by atoms with van der Waals surface area (Å²) >= 11 is 0. The molecule has 0 aliphatic rings. The highest BCUT2D eigenvalue weighted by Gasteiger charge is 2.13. The number of carbonyl (C=O) groups is 1. The minimum absolute atomic E-state index is 0.136. The maximum atomic E-state index is 12.9. The van der Waals surface area contributed by atoms with E-state index in [-0.39, 0.29) is 11.7 Å². The first-order valence-corrected chi connectivity index (χ1v) is 6.63. The highest BCUT2D eigenvalue weighted by molar-refractivity contribution is 6.00. The molecule has 0 aliphatic heterocycles. The van der Waals surface area contributed by atoms with Crippen molar-refractivity contribution in [1.29, 1.82) is 0 Å². The zero-order valence-electron chi connectivity index (χ0n) is 11.2. The number of H-pyrrole nitrogens is 1. The van der Waals surface area contributed by atoms with Crippen molar-refractivity contribution in [1.82, 2.24) is 10.3 Å². The summed E-state index contributed by atoms with van der Waals surface area (Å²) in [6.45, 7) is 1.23. The fourth-order valence-corrected chi connectivity index (χ4v) is 1.99. The summed E-state index contributed by atoms with van der Waals surface area (Å²) in [5.41, 5.74) is 7.53. The van der Waals surface area contributed by atoms with Gasteiger partial charge in [-0.3, -0.25) is 4.79 Å². The van der Waals surface area contributed by atoms with E-state index >= 15 is 0 Å². The molecule has 1 amide bonds. The summed E-state index contributed by atoms with van der Waals surface area (Å²) in [6, 6.07) is 6.07. The standard InChI is InChI=1S/C15H18FN3O/c16-12-5-3-11(4-6-12)13-9-18-10-14(13)15(20)19-8-2-1-7-17/h3-6,9-10,18H,1-2,7-8,17H2,(H,19,20). The summed E-state index contributed by atoms with van der Waals surface area (Å²) in [5.74, 6) is -0.431. The molecule has 5 heteroatoms. The summed E-state index contributed by atoms with van der Waals surface area (Å²) < 4.78 is 12.9. The molecule has 0 saturated carbocycles. The lowest BCUT2D eigenvalue weighted by molar-refractivity contribution is 0.0954. The number of halogens is 1. The van der Waals surface area contributed by atoms with Crippen LogP contribution in [0.25, 0.3) is 11.1 Å². The van der Waals surface area contributed by atoms with Crippen LogP contribution in [0.2, 0.25) is 0 Å². The van der Waals surface area contributed by atoms with Gasteiger partial charge in [-0.15, -0.1) is 0 Å². The molecule has 0 saturated heterocycles. The van der Waals surface area contributed by atoms with Crippen molar-refractivity contribution < 1.29 is 9.18 Å². The lowest BCUT2D eigenvalue weighted by Crippen LogP contribution is -2.24. The van der Waals surface area contributed by atoms with Crippen LogP contribution in [-0.2, 0) is 0 Å². The van der Waals surface area contributed by atoms with Crippen LogP contribution in [0.4, 0.5) is 4.39 Å². The number of nitrogens with two attached hydrogens (primary N) is 1. The SMILES string of the molecule is NCCCCNC(=O)c1c[nH]cc1-c1ccc(F)cc1. The van der Waals surface area contributed by atoms with Crippen LogP contribution < -0.4 is 11.1 Å². The average molecular weight is 275 g/mol. The highest BCUT2D eigenvalue weighted by atomic mass is 19.1. The molecule has 4 nitrogen and oxygen atoms in total. The lowest BCUT2D eigenvalue weighted by Gasteiger charge is -2.06. The average Bonchev–Trinajstić information content (AvgIpc) is 2.93. The van der Waals surface area contributed by atoms with Gasteiger partial charge in [0.1, 0.15) is 5.82 Å². The quantitative estimate of drug-likeness (QED) is 0.708. The van der Waals surface area contributed by atoms with Gasteiger partial charge in [-0.05, 0) is 37.1 Å². The minimum atomic E-state index is -0.294. The third-order valence-corrected chi connectivity index (χ3v) is 3.06. The second-order valence-corrected chi connectivity index (χ2v) is 4.54. The fraction of sp³-hybridized carbons (Fsp3) is 0.267. The van der Waals surface area contributed by atoms with E-state index in [9.17, 15) is 9.18 Å². The number of nitrogens with one attached hydrogen (secondary N) is 2. The largest absolute Gasteiger partial charge is 0.366 e. The van der Waals surface area contributed by atoms with Gasteiger partial charge in [0, 0.05) is 24.5 Å². The Morgan fingerprint density at radius 1 is 1.20 bits per heavy atom. The molecule has 2 aromatic rings. The molecule has 0 spiro atoms. The molecule has 0 radical (unpaired) electrons. The molecule has 0 fully saturated rings. The summed E-state index contributed by atoms with van der Waals surface area (Å²) in [6.07, 6.45) is 5.13. The van der Waals surface area contributed by atoms with E-state index in [4.69, 9.17) is 5.73 Å². The Balaban J connectivity index is 2.08. The Hall–Kier alpha value is -2.14. The van der Waals surface area contributed by atoms with Crippen molar-refractivity contribution >= 4 is 5.91 Å². The van der Waals surface area contributed by atoms with E-state index in [1.54, 1.807) is 24.5 Å². The molecular weight excluding hydrogens is 257 g/mol. The van der Waals surface area contributed by atoms with Crippen molar-refractivity contribution in [2.45, 2.75) is 12.8 Å². The van der Waals surface area contributed by atoms with Gasteiger partial charge in [0.25, 0.3) is 5.91 Å². The number of amides is 1. The topological polar surface area (TPSA) is 70.9 Å². The highest BCUT2D eigenvalue weighted by Crippen LogP contribution is 2.23. The third-order valence-electron chi connectivity index (χ3n) is 3.06. The number of aromatic amines is 1. The molecule has 0 atom stereocenters. The molecule has 20 heavy (non-hydrogen) atoms. The van der Waals surface area contributed by atoms with Gasteiger partial charge >= 0.3 is 0 Å². The smallest absolute Gasteiger partial charge is 0.253 e. The predicted octanol–water partition coefficient (Wildman–Crippen LogP) is 2.29. The monoisotopic (exact) mass is 275 g/mol. The Kier molecular flexibility index (Phi) is 4.90. The number of benzene rings is 1. The Labute approximate surface area is 117 Å². The second-order valence-electron chi connectivity index (χ2n) is 4.54. The van der Waals surface area contributed by atoms with E-state index in [2.05, 4.69) is 10.3 Å². The van der Waals surface area contributed by atoms with Crippen LogP contribution in [0, 0.1) is 5.82 Å². The molecular formula is C15H18FN3O. The van der Waals surface area contributed by atoms with Crippen LogP contribution in [0.5, 0.6) is 0 Å². The first-order chi connectivity index (χ1) is 9.72. The number of rotatable bonds is 6. The predicted molar refractivity (Wildman–Crippen MR) is 76.8 cm³/mol. The van der Waals surface area contributed by atoms with Crippen molar-refractivity contribution in [3.63, 3.8) is 0 Å². The van der Waals surface area contributed by atoms with Gasteiger partial charge < -0.3 is 16.0 Å². The fourth-order valence-electron chi connectivity index (χ4n) is 1.99. The molecule has 1 aromatic carbocycles. The first-order valence-electron chi connectivity index (χ1n) is 6.63. The van der Waals surface area contributed by atoms with Gasteiger partial charge in [-0.25, -0.2) is 4.39 Å². The molecule has 106 valence electrons. The molecule has 1 heterocycles. The van der Waals surface area contributed by atoms with Crippen molar-refractivity contribution in [2.24, 2.45) is 5.73 Å². The van der Waals surface area contributed by atoms with Crippen molar-refractivity contribution in [2.75, 3.05) is 13.1 Å². The molecule has 2 rings (SSSR count). The van der Waals surface area contributed by atoms with Crippen LogP contribution in [0.15, 0.2) is 36.7 Å². The maximum Gasteiger partial charge on any atom is 0.253 e. The van der Waals surface area contributed by atoms with Gasteiger partial charge in [0.2, 0.25) is 0 Å². The summed E-state index contributed by atoms with van der Waals surface area (Å²) in [5, 5.41) is 2.85. The van der Waals surface area contributed by atoms with Crippen LogP contribution in [0.1, 0.15) is 23.2 Å². The Bertz CT molecular complexity index is 563. The second kappa shape index (κ2) is 6.86. The van der Waals surface area contributed by atoms with Crippen LogP contribution in [0.3, 0.4) is 0 Å². The first kappa shape index (κ1) is 14.3. The summed E-state index contributed by atoms with van der Waals surface area (Å²) in [4.78, 5) is 15.0. The van der Waals surface area contributed by atoms with Gasteiger partial charge in [-0.2, -0.15) is 0 Å².